The van der Waals surface area contributed by atoms with Crippen LogP contribution in [0, 0.1) is 23.7 Å². The van der Waals surface area contributed by atoms with Crippen molar-refractivity contribution in [3.63, 3.8) is 0 Å². The van der Waals surface area contributed by atoms with Crippen molar-refractivity contribution in [1.82, 2.24) is 0 Å². The van der Waals surface area contributed by atoms with Gasteiger partial charge in [-0.15, -0.1) is 0 Å². The van der Waals surface area contributed by atoms with Crippen molar-refractivity contribution >= 4 is 23.0 Å². The van der Waals surface area contributed by atoms with E-state index in [9.17, 15) is 0 Å². The molecule has 2 aliphatic rings. The molecular formula is C22H24ClN3. The molecule has 0 N–H and O–H groups in total. The average molecular weight is 366 g/mol. The summed E-state index contributed by atoms with van der Waals surface area (Å²) >= 11 is 6.23. The predicted molar refractivity (Wildman–Crippen MR) is 108 cm³/mol. The number of rotatable bonds is 2. The van der Waals surface area contributed by atoms with Crippen LogP contribution in [0.3, 0.4) is 0 Å². The van der Waals surface area contributed by atoms with Gasteiger partial charge < -0.3 is 9.80 Å². The summed E-state index contributed by atoms with van der Waals surface area (Å²) in [6.45, 7) is 6.57. The first kappa shape index (κ1) is 17.2. The molecular weight excluding hydrogens is 342 g/mol. The molecule has 2 aromatic carbocycles. The van der Waals surface area contributed by atoms with Crippen molar-refractivity contribution in [3.05, 3.63) is 58.6 Å². The molecule has 4 heteroatoms. The van der Waals surface area contributed by atoms with Gasteiger partial charge in [0.05, 0.1) is 10.6 Å². The standard InChI is InChI=1S/C22H24ClN3/c1-17-2-5-19(6-3-17)25-11-8-22(9-12-25)10-13-26(16-22)20-7-4-18(15-24)21(23)14-20/h2-7,14H,8-13,16H2,1H3. The molecule has 0 atom stereocenters. The van der Waals surface area contributed by atoms with Crippen LogP contribution in [0.5, 0.6) is 0 Å². The number of hydrogen-bond donors (Lipinski definition) is 0. The fourth-order valence-electron chi connectivity index (χ4n) is 4.35. The molecule has 0 aromatic heterocycles. The first-order valence-corrected chi connectivity index (χ1v) is 9.73. The number of nitriles is 1. The molecule has 4 rings (SSSR count). The lowest BCUT2D eigenvalue weighted by Crippen LogP contribution is -2.41. The summed E-state index contributed by atoms with van der Waals surface area (Å²) in [5.41, 5.74) is 4.78. The summed E-state index contributed by atoms with van der Waals surface area (Å²) in [5, 5.41) is 9.61. The highest BCUT2D eigenvalue weighted by Gasteiger charge is 2.40. The van der Waals surface area contributed by atoms with Crippen molar-refractivity contribution in [3.8, 4) is 6.07 Å². The van der Waals surface area contributed by atoms with Crippen LogP contribution in [-0.4, -0.2) is 26.2 Å². The normalized spacial score (nSPS) is 19.0. The van der Waals surface area contributed by atoms with Crippen LogP contribution in [-0.2, 0) is 0 Å². The second kappa shape index (κ2) is 6.85. The number of halogens is 1. The fraction of sp³-hybridized carbons (Fsp3) is 0.409. The summed E-state index contributed by atoms with van der Waals surface area (Å²) in [6.07, 6.45) is 3.72. The van der Waals surface area contributed by atoms with Gasteiger partial charge in [0.25, 0.3) is 0 Å². The lowest BCUT2D eigenvalue weighted by atomic mass is 9.77. The van der Waals surface area contributed by atoms with Crippen LogP contribution in [0.1, 0.15) is 30.4 Å². The van der Waals surface area contributed by atoms with Gasteiger partial charge in [-0.1, -0.05) is 29.3 Å². The fourth-order valence-corrected chi connectivity index (χ4v) is 4.57. The van der Waals surface area contributed by atoms with Crippen LogP contribution in [0.25, 0.3) is 0 Å². The Morgan fingerprint density at radius 1 is 0.923 bits per heavy atom. The van der Waals surface area contributed by atoms with Gasteiger partial charge in [0.15, 0.2) is 0 Å². The van der Waals surface area contributed by atoms with Crippen LogP contribution >= 0.6 is 11.6 Å². The zero-order valence-corrected chi connectivity index (χ0v) is 16.0. The smallest absolute Gasteiger partial charge is 0.101 e. The van der Waals surface area contributed by atoms with Gasteiger partial charge in [0.1, 0.15) is 6.07 Å². The Kier molecular flexibility index (Phi) is 4.54. The Labute approximate surface area is 160 Å². The van der Waals surface area contributed by atoms with E-state index in [-0.39, 0.29) is 0 Å². The van der Waals surface area contributed by atoms with E-state index in [1.165, 1.54) is 30.5 Å². The minimum Gasteiger partial charge on any atom is -0.371 e. The number of piperidine rings is 1. The van der Waals surface area contributed by atoms with Crippen LogP contribution in [0.2, 0.25) is 5.02 Å². The molecule has 0 radical (unpaired) electrons. The van der Waals surface area contributed by atoms with E-state index in [0.29, 0.717) is 16.0 Å². The van der Waals surface area contributed by atoms with Crippen molar-refractivity contribution < 1.29 is 0 Å². The Hall–Kier alpha value is -2.18. The van der Waals surface area contributed by atoms with Gasteiger partial charge in [-0.25, -0.2) is 0 Å². The highest BCUT2D eigenvalue weighted by molar-refractivity contribution is 6.32. The summed E-state index contributed by atoms with van der Waals surface area (Å²) in [7, 11) is 0. The lowest BCUT2D eigenvalue weighted by molar-refractivity contribution is 0.250. The van der Waals surface area contributed by atoms with Gasteiger partial charge in [-0.3, -0.25) is 0 Å². The van der Waals surface area contributed by atoms with Crippen molar-refractivity contribution in [2.24, 2.45) is 5.41 Å². The van der Waals surface area contributed by atoms with E-state index >= 15 is 0 Å². The highest BCUT2D eigenvalue weighted by Crippen LogP contribution is 2.43. The molecule has 2 fully saturated rings. The van der Waals surface area contributed by atoms with Gasteiger partial charge in [-0.2, -0.15) is 5.26 Å². The topological polar surface area (TPSA) is 30.3 Å². The minimum absolute atomic E-state index is 0.418. The molecule has 3 nitrogen and oxygen atoms in total. The van der Waals surface area contributed by atoms with E-state index in [4.69, 9.17) is 16.9 Å². The molecule has 0 bridgehead atoms. The SMILES string of the molecule is Cc1ccc(N2CCC3(CC2)CCN(c2ccc(C#N)c(Cl)c2)C3)cc1. The number of benzene rings is 2. The van der Waals surface area contributed by atoms with Crippen LogP contribution < -0.4 is 9.80 Å². The van der Waals surface area contributed by atoms with E-state index in [2.05, 4.69) is 47.1 Å². The molecule has 2 heterocycles. The van der Waals surface area contributed by atoms with Gasteiger partial charge >= 0.3 is 0 Å². The number of nitrogens with zero attached hydrogens (tertiary/aromatic N) is 3. The lowest BCUT2D eigenvalue weighted by Gasteiger charge is -2.40. The first-order valence-electron chi connectivity index (χ1n) is 9.35. The summed E-state index contributed by atoms with van der Waals surface area (Å²) in [6, 6.07) is 16.8. The minimum atomic E-state index is 0.418. The molecule has 0 aliphatic carbocycles. The van der Waals surface area contributed by atoms with Crippen molar-refractivity contribution in [1.29, 1.82) is 5.26 Å². The molecule has 2 aliphatic heterocycles. The maximum Gasteiger partial charge on any atom is 0.101 e. The zero-order valence-electron chi connectivity index (χ0n) is 15.2. The molecule has 0 amide bonds. The number of hydrogen-bond acceptors (Lipinski definition) is 3. The third-order valence-electron chi connectivity index (χ3n) is 6.10. The molecule has 1 spiro atoms. The van der Waals surface area contributed by atoms with Gasteiger partial charge in [-0.05, 0) is 61.9 Å². The first-order chi connectivity index (χ1) is 12.6. The van der Waals surface area contributed by atoms with E-state index in [1.807, 2.05) is 18.2 Å². The zero-order chi connectivity index (χ0) is 18.1. The monoisotopic (exact) mass is 365 g/mol. The Balaban J connectivity index is 1.42. The molecule has 2 saturated heterocycles. The third-order valence-corrected chi connectivity index (χ3v) is 6.41. The maximum atomic E-state index is 9.05. The molecule has 2 aromatic rings. The van der Waals surface area contributed by atoms with Gasteiger partial charge in [0, 0.05) is 37.6 Å². The van der Waals surface area contributed by atoms with E-state index < -0.39 is 0 Å². The second-order valence-electron chi connectivity index (χ2n) is 7.77. The van der Waals surface area contributed by atoms with Gasteiger partial charge in [0.2, 0.25) is 0 Å². The Bertz CT molecular complexity index is 829. The summed E-state index contributed by atoms with van der Waals surface area (Å²) < 4.78 is 0. The Morgan fingerprint density at radius 2 is 1.54 bits per heavy atom. The largest absolute Gasteiger partial charge is 0.371 e. The third kappa shape index (κ3) is 3.27. The van der Waals surface area contributed by atoms with Crippen molar-refractivity contribution in [2.45, 2.75) is 26.2 Å². The van der Waals surface area contributed by atoms with E-state index in [1.54, 1.807) is 0 Å². The maximum absolute atomic E-state index is 9.05. The summed E-state index contributed by atoms with van der Waals surface area (Å²) in [4.78, 5) is 4.96. The Morgan fingerprint density at radius 3 is 2.15 bits per heavy atom. The average Bonchev–Trinajstić information content (AvgIpc) is 3.07. The van der Waals surface area contributed by atoms with E-state index in [0.717, 1.165) is 31.9 Å². The summed E-state index contributed by atoms with van der Waals surface area (Å²) in [5.74, 6) is 0. The number of anilines is 2. The number of aryl methyl sites for hydroxylation is 1. The quantitative estimate of drug-likeness (QED) is 0.748. The molecule has 0 saturated carbocycles. The van der Waals surface area contributed by atoms with Crippen molar-refractivity contribution in [2.75, 3.05) is 36.0 Å². The van der Waals surface area contributed by atoms with Crippen LogP contribution in [0.4, 0.5) is 11.4 Å². The molecule has 0 unspecified atom stereocenters. The second-order valence-corrected chi connectivity index (χ2v) is 8.18. The van der Waals surface area contributed by atoms with Crippen LogP contribution in [0.15, 0.2) is 42.5 Å². The predicted octanol–water partition coefficient (Wildman–Crippen LogP) is 5.02. The molecule has 26 heavy (non-hydrogen) atoms. The highest BCUT2D eigenvalue weighted by atomic mass is 35.5. The molecule has 134 valence electrons.